The summed E-state index contributed by atoms with van der Waals surface area (Å²) in [5.74, 6) is 0.616. The summed E-state index contributed by atoms with van der Waals surface area (Å²) in [4.78, 5) is 11.1. The molecular weight excluding hydrogens is 296 g/mol. The van der Waals surface area contributed by atoms with E-state index in [0.717, 1.165) is 17.6 Å². The van der Waals surface area contributed by atoms with Gasteiger partial charge in [-0.1, -0.05) is 43.0 Å². The predicted molar refractivity (Wildman–Crippen MR) is 87.6 cm³/mol. The topological polar surface area (TPSA) is 44.8 Å². The second-order valence-electron chi connectivity index (χ2n) is 4.45. The number of para-hydroxylation sites is 2. The van der Waals surface area contributed by atoms with Crippen LogP contribution < -0.4 is 9.47 Å². The van der Waals surface area contributed by atoms with Crippen LogP contribution in [0.2, 0.25) is 0 Å². The first-order valence-electron chi connectivity index (χ1n) is 7.00. The normalized spacial score (nSPS) is 10.6. The summed E-state index contributed by atoms with van der Waals surface area (Å²) >= 11 is 0. The van der Waals surface area contributed by atoms with Gasteiger partial charge in [-0.3, -0.25) is 0 Å². The molecule has 0 aromatic heterocycles. The van der Waals surface area contributed by atoms with Crippen LogP contribution in [0, 0.1) is 0 Å². The fourth-order valence-corrected chi connectivity index (χ4v) is 2.89. The second kappa shape index (κ2) is 8.69. The quantitative estimate of drug-likeness (QED) is 0.324. The lowest BCUT2D eigenvalue weighted by Gasteiger charge is -2.20. The number of benzene rings is 2. The minimum Gasteiger partial charge on any atom is -0.467 e. The molecule has 0 atom stereocenters. The van der Waals surface area contributed by atoms with E-state index in [4.69, 9.17) is 14.2 Å². The lowest BCUT2D eigenvalue weighted by Crippen LogP contribution is -2.34. The molecule has 0 radical (unpaired) electrons. The Morgan fingerprint density at radius 2 is 1.50 bits per heavy atom. The monoisotopic (exact) mass is 314 g/mol. The third-order valence-electron chi connectivity index (χ3n) is 2.79. The van der Waals surface area contributed by atoms with E-state index in [0.29, 0.717) is 6.23 Å². The molecule has 0 fully saturated rings. The fraction of sp³-hybridized carbons (Fsp3) is 0.118. The molecule has 0 aliphatic heterocycles. The molecule has 0 unspecified atom stereocenters. The van der Waals surface area contributed by atoms with Crippen molar-refractivity contribution in [1.29, 1.82) is 0 Å². The maximum absolute atomic E-state index is 11.1. The molecule has 0 N–H and O–H groups in total. The molecule has 5 heteroatoms. The number of esters is 1. The number of carbonyl (C=O) groups excluding carboxylic acids is 1. The van der Waals surface area contributed by atoms with Gasteiger partial charge in [0.25, 0.3) is 0 Å². The Hall–Kier alpha value is -2.53. The first-order chi connectivity index (χ1) is 10.8. The van der Waals surface area contributed by atoms with Crippen LogP contribution in [0.4, 0.5) is 0 Å². The van der Waals surface area contributed by atoms with E-state index in [9.17, 15) is 4.79 Å². The Kier molecular flexibility index (Phi) is 6.26. The molecule has 0 saturated carbocycles. The van der Waals surface area contributed by atoms with Crippen molar-refractivity contribution in [3.63, 3.8) is 0 Å². The zero-order valence-electron chi connectivity index (χ0n) is 12.2. The highest BCUT2D eigenvalue weighted by Gasteiger charge is 2.14. The molecule has 2 rings (SSSR count). The van der Waals surface area contributed by atoms with Crippen LogP contribution in [-0.2, 0) is 9.53 Å². The van der Waals surface area contributed by atoms with Crippen molar-refractivity contribution in [2.45, 2.75) is 5.91 Å². The largest absolute Gasteiger partial charge is 0.467 e. The highest BCUT2D eigenvalue weighted by molar-refractivity contribution is 6.36. The molecule has 0 bridgehead atoms. The molecule has 0 saturated heterocycles. The first-order valence-corrected chi connectivity index (χ1v) is 8.82. The number of hydrogen-bond donors (Lipinski definition) is 0. The van der Waals surface area contributed by atoms with Gasteiger partial charge in [-0.05, 0) is 24.3 Å². The summed E-state index contributed by atoms with van der Waals surface area (Å²) in [5, 5.41) is 0. The average molecular weight is 314 g/mol. The van der Waals surface area contributed by atoms with Crippen LogP contribution in [0.1, 0.15) is 0 Å². The highest BCUT2D eigenvalue weighted by Crippen LogP contribution is 2.15. The van der Waals surface area contributed by atoms with E-state index in [-0.39, 0.29) is 0 Å². The molecule has 4 nitrogen and oxygen atoms in total. The van der Waals surface area contributed by atoms with Gasteiger partial charge in [0.1, 0.15) is 11.5 Å². The summed E-state index contributed by atoms with van der Waals surface area (Å²) in [6, 6.07) is 18.9. The highest BCUT2D eigenvalue weighted by atomic mass is 28.2. The van der Waals surface area contributed by atoms with Crippen LogP contribution >= 0.6 is 0 Å². The second-order valence-corrected chi connectivity index (χ2v) is 6.10. The molecule has 0 spiro atoms. The van der Waals surface area contributed by atoms with Crippen molar-refractivity contribution in [3.8, 4) is 11.5 Å². The van der Waals surface area contributed by atoms with Gasteiger partial charge in [-0.15, -0.1) is 0 Å². The van der Waals surface area contributed by atoms with E-state index in [1.54, 1.807) is 0 Å². The zero-order valence-corrected chi connectivity index (χ0v) is 13.6. The maximum atomic E-state index is 11.1. The van der Waals surface area contributed by atoms with Crippen molar-refractivity contribution in [2.24, 2.45) is 0 Å². The number of carbonyl (C=O) groups is 1. The van der Waals surface area contributed by atoms with Gasteiger partial charge in [-0.2, -0.15) is 0 Å². The summed E-state index contributed by atoms with van der Waals surface area (Å²) < 4.78 is 16.8. The Morgan fingerprint density at radius 1 is 1.00 bits per heavy atom. The molecule has 0 aliphatic rings. The van der Waals surface area contributed by atoms with E-state index in [1.165, 1.54) is 0 Å². The van der Waals surface area contributed by atoms with Gasteiger partial charge in [-0.25, -0.2) is 4.79 Å². The van der Waals surface area contributed by atoms with Crippen molar-refractivity contribution >= 4 is 15.5 Å². The number of hydrogen-bond acceptors (Lipinski definition) is 4. The molecule has 114 valence electrons. The van der Waals surface area contributed by atoms with Crippen LogP contribution in [0.15, 0.2) is 73.3 Å². The van der Waals surface area contributed by atoms with Crippen LogP contribution in [0.25, 0.3) is 0 Å². The Bertz CT molecular complexity index is 545. The van der Waals surface area contributed by atoms with Crippen LogP contribution in [-0.4, -0.2) is 27.6 Å². The van der Waals surface area contributed by atoms with Gasteiger partial charge in [0.15, 0.2) is 9.52 Å². The van der Waals surface area contributed by atoms with Gasteiger partial charge in [0.05, 0.1) is 6.23 Å². The van der Waals surface area contributed by atoms with E-state index in [2.05, 4.69) is 6.58 Å². The van der Waals surface area contributed by atoms with Gasteiger partial charge >= 0.3 is 5.97 Å². The molecule has 2 aromatic carbocycles. The molecule has 0 aliphatic carbocycles. The lowest BCUT2D eigenvalue weighted by atomic mass is 10.3. The summed E-state index contributed by atoms with van der Waals surface area (Å²) in [7, 11) is -0.950. The summed E-state index contributed by atoms with van der Waals surface area (Å²) in [5.41, 5.74) is 0. The number of rotatable bonds is 8. The lowest BCUT2D eigenvalue weighted by molar-refractivity contribution is -0.135. The Labute approximate surface area is 132 Å². The SMILES string of the molecule is C=CC(=O)OC[SiH2]C(Oc1ccccc1)Oc1ccccc1. The molecule has 22 heavy (non-hydrogen) atoms. The van der Waals surface area contributed by atoms with Crippen molar-refractivity contribution in [2.75, 3.05) is 6.23 Å². The van der Waals surface area contributed by atoms with Crippen LogP contribution in [0.3, 0.4) is 0 Å². The molecule has 2 aromatic rings. The van der Waals surface area contributed by atoms with Gasteiger partial charge in [0.2, 0.25) is 5.91 Å². The Balaban J connectivity index is 1.96. The minimum absolute atomic E-state index is 0.329. The van der Waals surface area contributed by atoms with E-state index >= 15 is 0 Å². The maximum Gasteiger partial charge on any atom is 0.329 e. The van der Waals surface area contributed by atoms with Crippen molar-refractivity contribution in [1.82, 2.24) is 0 Å². The smallest absolute Gasteiger partial charge is 0.329 e. The molecule has 0 amide bonds. The molecule has 0 heterocycles. The third-order valence-corrected chi connectivity index (χ3v) is 4.03. The summed E-state index contributed by atoms with van der Waals surface area (Å²) in [6.07, 6.45) is 1.48. The van der Waals surface area contributed by atoms with Crippen molar-refractivity contribution < 1.29 is 19.0 Å². The third kappa shape index (κ3) is 5.45. The average Bonchev–Trinajstić information content (AvgIpc) is 2.56. The van der Waals surface area contributed by atoms with E-state index < -0.39 is 21.4 Å². The predicted octanol–water partition coefficient (Wildman–Crippen LogP) is 2.28. The van der Waals surface area contributed by atoms with Gasteiger partial charge < -0.3 is 14.2 Å². The first kappa shape index (κ1) is 15.8. The zero-order chi connectivity index (χ0) is 15.6. The standard InChI is InChI=1S/C17H18O4Si/c1-2-16(18)19-13-22-17(20-14-9-5-3-6-10-14)21-15-11-7-4-8-12-15/h2-12,17H,1,13,22H2. The Morgan fingerprint density at radius 3 is 1.95 bits per heavy atom. The molecular formula is C17H18O4Si. The van der Waals surface area contributed by atoms with Crippen LogP contribution in [0.5, 0.6) is 11.5 Å². The number of ether oxygens (including phenoxy) is 3. The van der Waals surface area contributed by atoms with Gasteiger partial charge in [0, 0.05) is 6.08 Å². The summed E-state index contributed by atoms with van der Waals surface area (Å²) in [6.45, 7) is 3.37. The fourth-order valence-electron chi connectivity index (χ4n) is 1.76. The minimum atomic E-state index is -0.950. The van der Waals surface area contributed by atoms with Crippen molar-refractivity contribution in [3.05, 3.63) is 73.3 Å². The van der Waals surface area contributed by atoms with E-state index in [1.807, 2.05) is 60.7 Å².